The van der Waals surface area contributed by atoms with E-state index in [4.69, 9.17) is 17.0 Å². The number of methoxy groups -OCH3 is 1. The summed E-state index contributed by atoms with van der Waals surface area (Å²) in [6, 6.07) is 5.38. The number of halogens is 1. The molecule has 2 aromatic rings. The molecule has 3 rings (SSSR count). The molecule has 128 valence electrons. The highest BCUT2D eigenvalue weighted by molar-refractivity contribution is 7.71. The Morgan fingerprint density at radius 3 is 3.04 bits per heavy atom. The van der Waals surface area contributed by atoms with Crippen LogP contribution in [0.25, 0.3) is 5.69 Å². The Kier molecular flexibility index (Phi) is 4.69. The fourth-order valence-electron chi connectivity index (χ4n) is 2.88. The maximum Gasteiger partial charge on any atom is 0.364 e. The van der Waals surface area contributed by atoms with Crippen LogP contribution in [-0.4, -0.2) is 56.7 Å². The van der Waals surface area contributed by atoms with Crippen LogP contribution in [0.4, 0.5) is 4.39 Å². The van der Waals surface area contributed by atoms with E-state index < -0.39 is 18.0 Å². The third kappa shape index (κ3) is 3.21. The smallest absolute Gasteiger partial charge is 0.364 e. The predicted molar refractivity (Wildman–Crippen MR) is 82.4 cm³/mol. The second-order valence-corrected chi connectivity index (χ2v) is 6.00. The first-order valence-electron chi connectivity index (χ1n) is 7.39. The molecule has 0 bridgehead atoms. The lowest BCUT2D eigenvalue weighted by molar-refractivity contribution is -0.928. The number of likely N-dealkylation sites (tertiary alicyclic amines) is 1. The van der Waals surface area contributed by atoms with Gasteiger partial charge in [-0.05, 0) is 40.8 Å². The molecule has 0 spiro atoms. The molecule has 1 unspecified atom stereocenters. The van der Waals surface area contributed by atoms with Crippen molar-refractivity contribution in [2.45, 2.75) is 25.2 Å². The summed E-state index contributed by atoms with van der Waals surface area (Å²) in [4.78, 5) is 12.6. The SMILES string of the molecule is COC(=O)[C@@H]1C[C@@H](O)C[NH+]1Cn1nnn(-c2cccc(F)c2)c1=S. The Hall–Kier alpha value is -2.17. The molecule has 0 radical (unpaired) electrons. The van der Waals surface area contributed by atoms with Crippen molar-refractivity contribution in [1.82, 2.24) is 19.8 Å². The number of hydrogen-bond acceptors (Lipinski definition) is 6. The van der Waals surface area contributed by atoms with Crippen molar-refractivity contribution < 1.29 is 23.9 Å². The van der Waals surface area contributed by atoms with E-state index in [2.05, 4.69) is 10.4 Å². The van der Waals surface area contributed by atoms with Crippen LogP contribution in [0.5, 0.6) is 0 Å². The van der Waals surface area contributed by atoms with Gasteiger partial charge in [0.25, 0.3) is 0 Å². The third-order valence-electron chi connectivity index (χ3n) is 4.03. The number of esters is 1. The average Bonchev–Trinajstić information content (AvgIpc) is 3.10. The molecule has 3 atom stereocenters. The average molecular weight is 354 g/mol. The van der Waals surface area contributed by atoms with Crippen LogP contribution in [-0.2, 0) is 16.2 Å². The van der Waals surface area contributed by atoms with Crippen LogP contribution in [0.1, 0.15) is 6.42 Å². The number of aliphatic hydroxyl groups excluding tert-OH is 1. The van der Waals surface area contributed by atoms with Crippen LogP contribution in [0.2, 0.25) is 0 Å². The zero-order chi connectivity index (χ0) is 17.3. The quantitative estimate of drug-likeness (QED) is 0.546. The Morgan fingerprint density at radius 2 is 2.33 bits per heavy atom. The summed E-state index contributed by atoms with van der Waals surface area (Å²) < 4.78 is 21.2. The van der Waals surface area contributed by atoms with E-state index in [0.717, 1.165) is 4.90 Å². The van der Waals surface area contributed by atoms with E-state index in [1.165, 1.54) is 28.6 Å². The third-order valence-corrected chi connectivity index (χ3v) is 4.41. The lowest BCUT2D eigenvalue weighted by Gasteiger charge is -2.18. The van der Waals surface area contributed by atoms with Gasteiger partial charge in [0.2, 0.25) is 4.77 Å². The summed E-state index contributed by atoms with van der Waals surface area (Å²) in [5.41, 5.74) is 0.465. The Bertz CT molecular complexity index is 808. The first kappa shape index (κ1) is 16.7. The normalized spacial score (nSPS) is 23.4. The summed E-state index contributed by atoms with van der Waals surface area (Å²) in [6.07, 6.45) is -0.260. The first-order chi connectivity index (χ1) is 11.5. The Balaban J connectivity index is 1.84. The molecule has 2 heterocycles. The number of ether oxygens (including phenoxy) is 1. The number of carbonyl (C=O) groups is 1. The minimum atomic E-state index is -0.587. The van der Waals surface area contributed by atoms with E-state index in [-0.39, 0.29) is 17.4 Å². The van der Waals surface area contributed by atoms with Crippen LogP contribution < -0.4 is 4.90 Å². The molecule has 8 nitrogen and oxygen atoms in total. The lowest BCUT2D eigenvalue weighted by Crippen LogP contribution is -3.14. The number of hydrogen-bond donors (Lipinski definition) is 2. The zero-order valence-electron chi connectivity index (χ0n) is 12.9. The molecule has 1 aromatic carbocycles. The molecule has 1 aliphatic rings. The zero-order valence-corrected chi connectivity index (χ0v) is 13.7. The van der Waals surface area contributed by atoms with Gasteiger partial charge in [0.15, 0.2) is 12.7 Å². The fraction of sp³-hybridized carbons (Fsp3) is 0.429. The Labute approximate surface area is 142 Å². The number of tetrazole rings is 1. The van der Waals surface area contributed by atoms with E-state index in [1.54, 1.807) is 12.1 Å². The monoisotopic (exact) mass is 354 g/mol. The van der Waals surface area contributed by atoms with Gasteiger partial charge in [-0.1, -0.05) is 6.07 Å². The van der Waals surface area contributed by atoms with Crippen molar-refractivity contribution in [2.75, 3.05) is 13.7 Å². The molecule has 0 aliphatic carbocycles. The molecular weight excluding hydrogens is 337 g/mol. The van der Waals surface area contributed by atoms with Gasteiger partial charge in [-0.25, -0.2) is 9.18 Å². The van der Waals surface area contributed by atoms with Crippen molar-refractivity contribution in [3.63, 3.8) is 0 Å². The van der Waals surface area contributed by atoms with Crippen LogP contribution in [0.15, 0.2) is 24.3 Å². The maximum absolute atomic E-state index is 13.4. The van der Waals surface area contributed by atoms with Crippen LogP contribution in [0.3, 0.4) is 0 Å². The highest BCUT2D eigenvalue weighted by Gasteiger charge is 2.41. The molecule has 1 fully saturated rings. The summed E-state index contributed by atoms with van der Waals surface area (Å²) in [5.74, 6) is -0.784. The van der Waals surface area contributed by atoms with Gasteiger partial charge in [0, 0.05) is 6.42 Å². The highest BCUT2D eigenvalue weighted by Crippen LogP contribution is 2.09. The molecule has 0 amide bonds. The fourth-order valence-corrected chi connectivity index (χ4v) is 3.13. The molecule has 1 aliphatic heterocycles. The molecule has 1 aromatic heterocycles. The summed E-state index contributed by atoms with van der Waals surface area (Å²) in [6.45, 7) is 0.638. The van der Waals surface area contributed by atoms with Crippen molar-refractivity contribution in [1.29, 1.82) is 0 Å². The van der Waals surface area contributed by atoms with Gasteiger partial charge in [-0.3, -0.25) is 0 Å². The summed E-state index contributed by atoms with van der Waals surface area (Å²) in [7, 11) is 1.32. The minimum absolute atomic E-state index is 0.255. The van der Waals surface area contributed by atoms with E-state index in [1.807, 2.05) is 0 Å². The molecule has 0 saturated carbocycles. The molecule has 24 heavy (non-hydrogen) atoms. The van der Waals surface area contributed by atoms with E-state index in [0.29, 0.717) is 18.7 Å². The number of nitrogens with one attached hydrogen (secondary N) is 1. The molecule has 1 saturated heterocycles. The molecule has 2 N–H and O–H groups in total. The van der Waals surface area contributed by atoms with Gasteiger partial charge in [0.1, 0.15) is 18.5 Å². The van der Waals surface area contributed by atoms with Crippen molar-refractivity contribution >= 4 is 18.2 Å². The van der Waals surface area contributed by atoms with Crippen molar-refractivity contribution in [3.8, 4) is 5.69 Å². The molecular formula is C14H17FN5O3S+. The standard InChI is InChI=1S/C14H16FN5O3S/c1-23-13(22)12-6-11(21)7-18(12)8-19-14(24)20(17-16-19)10-4-2-3-9(15)5-10/h2-5,11-12,21H,6-8H2,1H3/p+1/t11-,12+/m1/s1. The van der Waals surface area contributed by atoms with Gasteiger partial charge < -0.3 is 14.7 Å². The summed E-state index contributed by atoms with van der Waals surface area (Å²) in [5, 5.41) is 17.8. The van der Waals surface area contributed by atoms with Crippen LogP contribution in [0, 0.1) is 10.6 Å². The summed E-state index contributed by atoms with van der Waals surface area (Å²) >= 11 is 5.33. The number of nitrogens with zero attached hydrogens (tertiary/aromatic N) is 4. The van der Waals surface area contributed by atoms with E-state index >= 15 is 0 Å². The topological polar surface area (TPSA) is 86.6 Å². The molecule has 10 heteroatoms. The number of rotatable bonds is 4. The van der Waals surface area contributed by atoms with Gasteiger partial charge in [0.05, 0.1) is 12.8 Å². The number of quaternary nitrogens is 1. The lowest BCUT2D eigenvalue weighted by atomic mass is 10.2. The van der Waals surface area contributed by atoms with Crippen molar-refractivity contribution in [2.24, 2.45) is 0 Å². The second-order valence-electron chi connectivity index (χ2n) is 5.64. The van der Waals surface area contributed by atoms with E-state index in [9.17, 15) is 14.3 Å². The number of aromatic nitrogens is 4. The number of benzene rings is 1. The van der Waals surface area contributed by atoms with Gasteiger partial charge in [-0.2, -0.15) is 9.36 Å². The number of aliphatic hydroxyl groups is 1. The van der Waals surface area contributed by atoms with Crippen LogP contribution >= 0.6 is 12.2 Å². The highest BCUT2D eigenvalue weighted by atomic mass is 32.1. The van der Waals surface area contributed by atoms with Crippen molar-refractivity contribution in [3.05, 3.63) is 34.9 Å². The number of carbonyl (C=O) groups excluding carboxylic acids is 1. The second kappa shape index (κ2) is 6.75. The first-order valence-corrected chi connectivity index (χ1v) is 7.79. The largest absolute Gasteiger partial charge is 0.465 e. The predicted octanol–water partition coefficient (Wildman–Crippen LogP) is -0.914. The maximum atomic E-state index is 13.4. The van der Waals surface area contributed by atoms with Gasteiger partial charge >= 0.3 is 5.97 Å². The Morgan fingerprint density at radius 1 is 1.54 bits per heavy atom. The van der Waals surface area contributed by atoms with Gasteiger partial charge in [-0.15, -0.1) is 0 Å². The minimum Gasteiger partial charge on any atom is -0.465 e.